The highest BCUT2D eigenvalue weighted by atomic mass is 35.5. The Labute approximate surface area is 81.6 Å². The Bertz CT molecular complexity index is 245. The van der Waals surface area contributed by atoms with Gasteiger partial charge in [-0.1, -0.05) is 6.92 Å². The lowest BCUT2D eigenvalue weighted by molar-refractivity contribution is -0.137. The molecule has 0 amide bonds. The first-order chi connectivity index (χ1) is 6.02. The molecule has 0 aliphatic rings. The first-order valence-electron chi connectivity index (χ1n) is 3.74. The van der Waals surface area contributed by atoms with E-state index in [9.17, 15) is 9.59 Å². The molecule has 74 valence electrons. The summed E-state index contributed by atoms with van der Waals surface area (Å²) in [7, 11) is 0. The van der Waals surface area contributed by atoms with E-state index in [2.05, 4.69) is 4.29 Å². The van der Waals surface area contributed by atoms with Gasteiger partial charge in [-0.2, -0.15) is 0 Å². The third-order valence-corrected chi connectivity index (χ3v) is 1.52. The van der Waals surface area contributed by atoms with Crippen LogP contribution in [0.3, 0.4) is 0 Å². The van der Waals surface area contributed by atoms with Crippen LogP contribution in [0.15, 0.2) is 11.3 Å². The Morgan fingerprint density at radius 3 is 2.15 bits per heavy atom. The van der Waals surface area contributed by atoms with Gasteiger partial charge in [-0.3, -0.25) is 4.79 Å². The third kappa shape index (κ3) is 3.94. The first kappa shape index (κ1) is 12.0. The van der Waals surface area contributed by atoms with Gasteiger partial charge in [-0.05, 0) is 6.92 Å². The molecule has 0 fully saturated rings. The zero-order chi connectivity index (χ0) is 10.4. The standard InChI is InChI=1S/C8H11ClO4/c1-4-7(12-6(3)10)5(2)8(11)13-9/h4H2,1-3H3. The Morgan fingerprint density at radius 1 is 1.31 bits per heavy atom. The summed E-state index contributed by atoms with van der Waals surface area (Å²) in [5.74, 6) is -0.906. The Balaban J connectivity index is 4.68. The maximum Gasteiger partial charge on any atom is 0.355 e. The van der Waals surface area contributed by atoms with Crippen LogP contribution in [0.25, 0.3) is 0 Å². The quantitative estimate of drug-likeness (QED) is 0.402. The van der Waals surface area contributed by atoms with Crippen molar-refractivity contribution in [3.05, 3.63) is 11.3 Å². The van der Waals surface area contributed by atoms with E-state index in [4.69, 9.17) is 16.6 Å². The molecule has 0 N–H and O–H groups in total. The summed E-state index contributed by atoms with van der Waals surface area (Å²) in [6.07, 6.45) is 0.428. The number of ether oxygens (including phenoxy) is 1. The third-order valence-electron chi connectivity index (χ3n) is 1.38. The maximum absolute atomic E-state index is 10.9. The summed E-state index contributed by atoms with van der Waals surface area (Å²) < 4.78 is 8.73. The highest BCUT2D eigenvalue weighted by molar-refractivity contribution is 6.15. The van der Waals surface area contributed by atoms with Crippen molar-refractivity contribution < 1.29 is 18.6 Å². The van der Waals surface area contributed by atoms with Gasteiger partial charge in [0.25, 0.3) is 0 Å². The topological polar surface area (TPSA) is 52.6 Å². The van der Waals surface area contributed by atoms with Crippen LogP contribution < -0.4 is 0 Å². The van der Waals surface area contributed by atoms with Crippen LogP contribution in [0, 0.1) is 0 Å². The van der Waals surface area contributed by atoms with Crippen LogP contribution in [0.4, 0.5) is 0 Å². The number of allylic oxidation sites excluding steroid dienone is 1. The van der Waals surface area contributed by atoms with Crippen molar-refractivity contribution in [3.63, 3.8) is 0 Å². The van der Waals surface area contributed by atoms with E-state index in [1.165, 1.54) is 13.8 Å². The number of hydrogen-bond acceptors (Lipinski definition) is 4. The van der Waals surface area contributed by atoms with Gasteiger partial charge in [-0.25, -0.2) is 4.79 Å². The van der Waals surface area contributed by atoms with Crippen LogP contribution in [-0.2, 0) is 18.6 Å². The summed E-state index contributed by atoms with van der Waals surface area (Å²) in [4.78, 5) is 21.5. The fourth-order valence-corrected chi connectivity index (χ4v) is 0.875. The van der Waals surface area contributed by atoms with Crippen molar-refractivity contribution in [2.24, 2.45) is 0 Å². The van der Waals surface area contributed by atoms with E-state index in [1.54, 1.807) is 6.92 Å². The van der Waals surface area contributed by atoms with Gasteiger partial charge in [0.2, 0.25) is 0 Å². The fourth-order valence-electron chi connectivity index (χ4n) is 0.759. The zero-order valence-electron chi connectivity index (χ0n) is 7.72. The van der Waals surface area contributed by atoms with Crippen molar-refractivity contribution in [2.75, 3.05) is 0 Å². The van der Waals surface area contributed by atoms with Crippen LogP contribution in [0.2, 0.25) is 0 Å². The molecule has 0 aromatic carbocycles. The summed E-state index contributed by atoms with van der Waals surface area (Å²) in [6.45, 7) is 4.49. The van der Waals surface area contributed by atoms with Crippen molar-refractivity contribution >= 4 is 23.8 Å². The van der Waals surface area contributed by atoms with Gasteiger partial charge in [-0.15, -0.1) is 0 Å². The number of carbonyl (C=O) groups excluding carboxylic acids is 2. The monoisotopic (exact) mass is 206 g/mol. The fraction of sp³-hybridized carbons (Fsp3) is 0.500. The molecule has 0 saturated carbocycles. The van der Waals surface area contributed by atoms with Crippen LogP contribution >= 0.6 is 11.9 Å². The molecule has 0 saturated heterocycles. The normalized spacial score (nSPS) is 11.7. The molecular formula is C8H11ClO4. The molecule has 0 rings (SSSR count). The minimum absolute atomic E-state index is 0.202. The van der Waals surface area contributed by atoms with Crippen LogP contribution in [0.1, 0.15) is 27.2 Å². The minimum Gasteiger partial charge on any atom is -0.431 e. The zero-order valence-corrected chi connectivity index (χ0v) is 8.47. The second kappa shape index (κ2) is 5.59. The van der Waals surface area contributed by atoms with Crippen molar-refractivity contribution in [1.29, 1.82) is 0 Å². The number of hydrogen-bond donors (Lipinski definition) is 0. The maximum atomic E-state index is 10.9. The van der Waals surface area contributed by atoms with E-state index in [0.717, 1.165) is 0 Å². The molecule has 4 nitrogen and oxygen atoms in total. The highest BCUT2D eigenvalue weighted by Crippen LogP contribution is 2.12. The predicted octanol–water partition coefficient (Wildman–Crippen LogP) is 1.93. The second-order valence-electron chi connectivity index (χ2n) is 2.36. The van der Waals surface area contributed by atoms with Gasteiger partial charge < -0.3 is 9.03 Å². The number of halogens is 1. The number of rotatable bonds is 3. The molecule has 0 aliphatic heterocycles. The van der Waals surface area contributed by atoms with E-state index >= 15 is 0 Å². The average Bonchev–Trinajstić information content (AvgIpc) is 2.11. The number of carbonyl (C=O) groups is 2. The lowest BCUT2D eigenvalue weighted by atomic mass is 10.2. The molecule has 0 bridgehead atoms. The molecule has 0 aromatic heterocycles. The van der Waals surface area contributed by atoms with Crippen molar-refractivity contribution in [3.8, 4) is 0 Å². The number of esters is 1. The first-order valence-corrected chi connectivity index (χ1v) is 4.04. The predicted molar refractivity (Wildman–Crippen MR) is 46.7 cm³/mol. The minimum atomic E-state index is -0.709. The lowest BCUT2D eigenvalue weighted by Crippen LogP contribution is -2.07. The molecule has 0 aromatic rings. The van der Waals surface area contributed by atoms with Gasteiger partial charge in [0.1, 0.15) is 17.6 Å². The van der Waals surface area contributed by atoms with Gasteiger partial charge in [0, 0.05) is 13.3 Å². The van der Waals surface area contributed by atoms with Gasteiger partial charge in [0.15, 0.2) is 0 Å². The molecule has 13 heavy (non-hydrogen) atoms. The summed E-state index contributed by atoms with van der Waals surface area (Å²) >= 11 is 4.86. The summed E-state index contributed by atoms with van der Waals surface area (Å²) in [5, 5.41) is 0. The summed E-state index contributed by atoms with van der Waals surface area (Å²) in [5.41, 5.74) is 0.202. The Hall–Kier alpha value is -1.03. The molecule has 0 spiro atoms. The van der Waals surface area contributed by atoms with Gasteiger partial charge >= 0.3 is 11.9 Å². The van der Waals surface area contributed by atoms with E-state index < -0.39 is 11.9 Å². The lowest BCUT2D eigenvalue weighted by Gasteiger charge is -2.06. The molecule has 0 radical (unpaired) electrons. The van der Waals surface area contributed by atoms with E-state index in [0.29, 0.717) is 6.42 Å². The van der Waals surface area contributed by atoms with Crippen molar-refractivity contribution in [2.45, 2.75) is 27.2 Å². The van der Waals surface area contributed by atoms with E-state index in [-0.39, 0.29) is 11.3 Å². The molecular weight excluding hydrogens is 196 g/mol. The molecule has 0 atom stereocenters. The van der Waals surface area contributed by atoms with Gasteiger partial charge in [0.05, 0.1) is 5.57 Å². The van der Waals surface area contributed by atoms with Crippen molar-refractivity contribution in [1.82, 2.24) is 0 Å². The molecule has 0 aliphatic carbocycles. The molecule has 0 heterocycles. The van der Waals surface area contributed by atoms with E-state index in [1.807, 2.05) is 0 Å². The summed E-state index contributed by atoms with van der Waals surface area (Å²) in [6, 6.07) is 0. The Kier molecular flexibility index (Phi) is 5.14. The highest BCUT2D eigenvalue weighted by Gasteiger charge is 2.13. The Morgan fingerprint density at radius 2 is 1.85 bits per heavy atom. The van der Waals surface area contributed by atoms with Crippen LogP contribution in [-0.4, -0.2) is 11.9 Å². The molecule has 5 heteroatoms. The molecule has 0 unspecified atom stereocenters. The second-order valence-corrected chi connectivity index (χ2v) is 2.51. The largest absolute Gasteiger partial charge is 0.431 e. The van der Waals surface area contributed by atoms with Crippen LogP contribution in [0.5, 0.6) is 0 Å². The SMILES string of the molecule is CCC(OC(C)=O)=C(C)C(=O)OCl. The average molecular weight is 207 g/mol. The smallest absolute Gasteiger partial charge is 0.355 e.